The van der Waals surface area contributed by atoms with E-state index in [1.54, 1.807) is 6.07 Å². The normalized spacial score (nSPS) is 11.1. The molecule has 3 heteroatoms. The molecule has 4 aromatic rings. The number of rotatable bonds is 1. The summed E-state index contributed by atoms with van der Waals surface area (Å²) in [5.41, 5.74) is 6.78. The van der Waals surface area contributed by atoms with Gasteiger partial charge in [0.05, 0.1) is 5.56 Å². The molecule has 0 amide bonds. The Labute approximate surface area is 140 Å². The van der Waals surface area contributed by atoms with E-state index in [1.807, 2.05) is 12.1 Å². The van der Waals surface area contributed by atoms with Crippen LogP contribution in [0.1, 0.15) is 16.7 Å². The van der Waals surface area contributed by atoms with Crippen LogP contribution in [0, 0.1) is 25.2 Å². The van der Waals surface area contributed by atoms with Gasteiger partial charge in [0.1, 0.15) is 18.7 Å². The van der Waals surface area contributed by atoms with Crippen LogP contribution in [0.3, 0.4) is 0 Å². The highest BCUT2D eigenvalue weighted by molar-refractivity contribution is 6.08. The summed E-state index contributed by atoms with van der Waals surface area (Å²) in [6, 6.07) is 16.4. The van der Waals surface area contributed by atoms with E-state index in [-0.39, 0.29) is 0 Å². The quantitative estimate of drug-likeness (QED) is 0.483. The van der Waals surface area contributed by atoms with Gasteiger partial charge in [0, 0.05) is 28.0 Å². The molecule has 0 aliphatic heterocycles. The largest absolute Gasteiger partial charge is 0.455 e. The zero-order valence-electron chi connectivity index (χ0n) is 13.9. The van der Waals surface area contributed by atoms with Gasteiger partial charge in [-0.1, -0.05) is 12.1 Å². The van der Waals surface area contributed by atoms with Gasteiger partial charge in [0.25, 0.3) is 0 Å². The lowest BCUT2D eigenvalue weighted by Crippen LogP contribution is -2.31. The van der Waals surface area contributed by atoms with Gasteiger partial charge < -0.3 is 4.42 Å². The van der Waals surface area contributed by atoms with Crippen molar-refractivity contribution in [2.75, 3.05) is 0 Å². The molecule has 0 fully saturated rings. The number of pyridine rings is 1. The van der Waals surface area contributed by atoms with E-state index in [2.05, 4.69) is 62.0 Å². The Bertz CT molecular complexity index is 1150. The number of fused-ring (bicyclic) bond motifs is 3. The lowest BCUT2D eigenvalue weighted by Gasteiger charge is -2.05. The molecule has 2 aromatic carbocycles. The van der Waals surface area contributed by atoms with Crippen molar-refractivity contribution in [2.24, 2.45) is 7.05 Å². The molecular weight excluding hydrogens is 296 g/mol. The van der Waals surface area contributed by atoms with Crippen molar-refractivity contribution < 1.29 is 8.98 Å². The highest BCUT2D eigenvalue weighted by Gasteiger charge is 2.17. The standard InChI is InChI=1S/C21H17N2O/c1-13-7-8-19(23(3)12-13)17-10-18-16-6-4-5-15(11-22)21(16)24-20(18)9-14(17)2/h4-10,12H,1-3H3/q+1. The number of aryl methyl sites for hydroxylation is 3. The van der Waals surface area contributed by atoms with E-state index in [1.165, 1.54) is 11.1 Å². The van der Waals surface area contributed by atoms with Crippen LogP contribution in [-0.4, -0.2) is 0 Å². The summed E-state index contributed by atoms with van der Waals surface area (Å²) in [7, 11) is 2.06. The molecular formula is C21H17N2O+. The number of benzene rings is 2. The predicted molar refractivity (Wildman–Crippen MR) is 94.5 cm³/mol. The maximum Gasteiger partial charge on any atom is 0.212 e. The van der Waals surface area contributed by atoms with E-state index in [9.17, 15) is 5.26 Å². The number of aromatic nitrogens is 1. The fourth-order valence-electron chi connectivity index (χ4n) is 3.34. The zero-order valence-corrected chi connectivity index (χ0v) is 13.9. The lowest BCUT2D eigenvalue weighted by molar-refractivity contribution is -0.660. The summed E-state index contributed by atoms with van der Waals surface area (Å²) in [5.74, 6) is 0. The second kappa shape index (κ2) is 5.21. The molecule has 0 unspecified atom stereocenters. The molecule has 0 saturated heterocycles. The number of hydrogen-bond donors (Lipinski definition) is 0. The summed E-state index contributed by atoms with van der Waals surface area (Å²) in [5, 5.41) is 11.3. The number of nitriles is 1. The van der Waals surface area contributed by atoms with Gasteiger partial charge in [-0.3, -0.25) is 0 Å². The molecule has 116 valence electrons. The van der Waals surface area contributed by atoms with Crippen LogP contribution in [0.15, 0.2) is 53.1 Å². The SMILES string of the molecule is Cc1ccc(-c2cc3c(cc2C)oc2c(C#N)cccc23)[n+](C)c1. The number of nitrogens with zero attached hydrogens (tertiary/aromatic N) is 2. The summed E-state index contributed by atoms with van der Waals surface area (Å²) in [6.45, 7) is 4.18. The molecule has 24 heavy (non-hydrogen) atoms. The van der Waals surface area contributed by atoms with Crippen LogP contribution >= 0.6 is 0 Å². The zero-order chi connectivity index (χ0) is 16.8. The van der Waals surface area contributed by atoms with Crippen molar-refractivity contribution in [1.82, 2.24) is 0 Å². The first-order valence-corrected chi connectivity index (χ1v) is 7.91. The minimum atomic E-state index is 0.573. The maximum atomic E-state index is 9.30. The average Bonchev–Trinajstić information content (AvgIpc) is 2.91. The highest BCUT2D eigenvalue weighted by atomic mass is 16.3. The first-order chi connectivity index (χ1) is 11.6. The molecule has 0 N–H and O–H groups in total. The molecule has 0 saturated carbocycles. The van der Waals surface area contributed by atoms with Crippen molar-refractivity contribution in [3.05, 3.63) is 65.4 Å². The summed E-state index contributed by atoms with van der Waals surface area (Å²) in [4.78, 5) is 0. The van der Waals surface area contributed by atoms with E-state index in [0.717, 1.165) is 27.6 Å². The molecule has 2 heterocycles. The van der Waals surface area contributed by atoms with Crippen molar-refractivity contribution in [1.29, 1.82) is 5.26 Å². The lowest BCUT2D eigenvalue weighted by atomic mass is 10.0. The van der Waals surface area contributed by atoms with Crippen molar-refractivity contribution in [3.8, 4) is 17.3 Å². The molecule has 3 nitrogen and oxygen atoms in total. The molecule has 0 atom stereocenters. The van der Waals surface area contributed by atoms with E-state index in [0.29, 0.717) is 11.1 Å². The first kappa shape index (κ1) is 14.5. The van der Waals surface area contributed by atoms with Gasteiger partial charge >= 0.3 is 0 Å². The molecule has 0 aliphatic rings. The Morgan fingerprint density at radius 1 is 1.04 bits per heavy atom. The van der Waals surface area contributed by atoms with Crippen LogP contribution in [0.5, 0.6) is 0 Å². The second-order valence-corrected chi connectivity index (χ2v) is 6.26. The maximum absolute atomic E-state index is 9.30. The van der Waals surface area contributed by atoms with Crippen LogP contribution < -0.4 is 4.57 Å². The van der Waals surface area contributed by atoms with Gasteiger partial charge in [-0.25, -0.2) is 4.57 Å². The Morgan fingerprint density at radius 2 is 1.88 bits per heavy atom. The van der Waals surface area contributed by atoms with Crippen LogP contribution in [-0.2, 0) is 7.05 Å². The van der Waals surface area contributed by atoms with Crippen molar-refractivity contribution in [2.45, 2.75) is 13.8 Å². The topological polar surface area (TPSA) is 40.8 Å². The van der Waals surface area contributed by atoms with Gasteiger partial charge in [0.2, 0.25) is 5.69 Å². The summed E-state index contributed by atoms with van der Waals surface area (Å²) in [6.07, 6.45) is 2.13. The number of furan rings is 1. The monoisotopic (exact) mass is 313 g/mol. The Hall–Kier alpha value is -3.12. The minimum absolute atomic E-state index is 0.573. The molecule has 0 radical (unpaired) electrons. The number of hydrogen-bond acceptors (Lipinski definition) is 2. The Balaban J connectivity index is 2.06. The third-order valence-corrected chi connectivity index (χ3v) is 4.52. The molecule has 0 spiro atoms. The van der Waals surface area contributed by atoms with Gasteiger partial charge in [0.15, 0.2) is 11.8 Å². The highest BCUT2D eigenvalue weighted by Crippen LogP contribution is 2.35. The Morgan fingerprint density at radius 3 is 2.62 bits per heavy atom. The predicted octanol–water partition coefficient (Wildman–Crippen LogP) is 4.57. The van der Waals surface area contributed by atoms with Crippen LogP contribution in [0.4, 0.5) is 0 Å². The summed E-state index contributed by atoms with van der Waals surface area (Å²) >= 11 is 0. The molecule has 0 aliphatic carbocycles. The van der Waals surface area contributed by atoms with Gasteiger partial charge in [-0.05, 0) is 43.7 Å². The van der Waals surface area contributed by atoms with E-state index >= 15 is 0 Å². The smallest absolute Gasteiger partial charge is 0.212 e. The van der Waals surface area contributed by atoms with Crippen LogP contribution in [0.25, 0.3) is 33.2 Å². The van der Waals surface area contributed by atoms with Crippen molar-refractivity contribution >= 4 is 21.9 Å². The summed E-state index contributed by atoms with van der Waals surface area (Å²) < 4.78 is 8.11. The van der Waals surface area contributed by atoms with Gasteiger partial charge in [-0.2, -0.15) is 5.26 Å². The van der Waals surface area contributed by atoms with Crippen molar-refractivity contribution in [3.63, 3.8) is 0 Å². The third kappa shape index (κ3) is 2.08. The number of para-hydroxylation sites is 1. The minimum Gasteiger partial charge on any atom is -0.455 e. The third-order valence-electron chi connectivity index (χ3n) is 4.52. The average molecular weight is 313 g/mol. The second-order valence-electron chi connectivity index (χ2n) is 6.26. The fourth-order valence-corrected chi connectivity index (χ4v) is 3.34. The van der Waals surface area contributed by atoms with Gasteiger partial charge in [-0.15, -0.1) is 0 Å². The van der Waals surface area contributed by atoms with Crippen LogP contribution in [0.2, 0.25) is 0 Å². The molecule has 0 bridgehead atoms. The first-order valence-electron chi connectivity index (χ1n) is 7.91. The molecule has 4 rings (SSSR count). The molecule has 2 aromatic heterocycles. The fraction of sp³-hybridized carbons (Fsp3) is 0.143. The Kier molecular flexibility index (Phi) is 3.14. The van der Waals surface area contributed by atoms with E-state index < -0.39 is 0 Å². The van der Waals surface area contributed by atoms with E-state index in [4.69, 9.17) is 4.42 Å².